The molecule has 0 radical (unpaired) electrons. The van der Waals surface area contributed by atoms with Gasteiger partial charge >= 0.3 is 19.8 Å². The number of quaternary nitrogens is 1. The van der Waals surface area contributed by atoms with E-state index in [1.807, 2.05) is 21.1 Å². The number of unbranched alkanes of at least 4 members (excludes halogenated alkanes) is 16. The number of phosphoric ester groups is 1. The number of allylic oxidation sites excluding steroid dienone is 8. The van der Waals surface area contributed by atoms with Gasteiger partial charge in [0.05, 0.1) is 27.7 Å². The Labute approximate surface area is 331 Å². The number of rotatable bonds is 38. The molecule has 0 saturated carbocycles. The summed E-state index contributed by atoms with van der Waals surface area (Å²) in [6.45, 7) is 4.32. The van der Waals surface area contributed by atoms with Gasteiger partial charge in [-0.2, -0.15) is 0 Å². The highest BCUT2D eigenvalue weighted by molar-refractivity contribution is 7.47. The van der Waals surface area contributed by atoms with Crippen LogP contribution in [0.5, 0.6) is 0 Å². The molecule has 314 valence electrons. The van der Waals surface area contributed by atoms with E-state index in [2.05, 4.69) is 62.5 Å². The molecule has 0 amide bonds. The molecule has 0 heterocycles. The minimum absolute atomic E-state index is 0.0249. The van der Waals surface area contributed by atoms with Crippen LogP contribution in [0.3, 0.4) is 0 Å². The zero-order valence-electron chi connectivity index (χ0n) is 35.2. The fourth-order valence-corrected chi connectivity index (χ4v) is 6.17. The Morgan fingerprint density at radius 1 is 0.574 bits per heavy atom. The molecule has 0 bridgehead atoms. The second kappa shape index (κ2) is 36.6. The topological polar surface area (TPSA) is 108 Å². The van der Waals surface area contributed by atoms with Crippen LogP contribution in [0.4, 0.5) is 0 Å². The van der Waals surface area contributed by atoms with E-state index in [1.165, 1.54) is 51.4 Å². The Kier molecular flexibility index (Phi) is 35.2. The van der Waals surface area contributed by atoms with E-state index in [4.69, 9.17) is 18.5 Å². The van der Waals surface area contributed by atoms with Crippen LogP contribution in [0.2, 0.25) is 0 Å². The highest BCUT2D eigenvalue weighted by Gasteiger charge is 2.27. The van der Waals surface area contributed by atoms with E-state index in [9.17, 15) is 19.0 Å². The zero-order valence-corrected chi connectivity index (χ0v) is 36.1. The maximum atomic E-state index is 12.7. The Hall–Kier alpha value is -2.03. The molecule has 0 aromatic heterocycles. The van der Waals surface area contributed by atoms with E-state index >= 15 is 0 Å². The van der Waals surface area contributed by atoms with Gasteiger partial charge < -0.3 is 18.9 Å². The average Bonchev–Trinajstić information content (AvgIpc) is 3.12. The Morgan fingerprint density at radius 2 is 1.00 bits per heavy atom. The van der Waals surface area contributed by atoms with Crippen molar-refractivity contribution in [3.63, 3.8) is 0 Å². The lowest BCUT2D eigenvalue weighted by molar-refractivity contribution is -0.870. The van der Waals surface area contributed by atoms with Crippen molar-refractivity contribution in [1.82, 2.24) is 0 Å². The number of likely N-dealkylation sites (N-methyl/N-ethyl adjacent to an activating group) is 1. The number of nitrogens with zero attached hydrogens (tertiary/aromatic N) is 1. The normalized spacial score (nSPS) is 14.1. The Morgan fingerprint density at radius 3 is 1.46 bits per heavy atom. The summed E-state index contributed by atoms with van der Waals surface area (Å²) < 4.78 is 34.2. The smallest absolute Gasteiger partial charge is 0.462 e. The molecule has 10 heteroatoms. The molecule has 0 aliphatic heterocycles. The van der Waals surface area contributed by atoms with Gasteiger partial charge in [-0.15, -0.1) is 0 Å². The molecule has 0 saturated heterocycles. The molecule has 0 aromatic rings. The Balaban J connectivity index is 4.44. The summed E-state index contributed by atoms with van der Waals surface area (Å²) in [5.74, 6) is -0.834. The predicted octanol–water partition coefficient (Wildman–Crippen LogP) is 11.9. The molecule has 0 fully saturated rings. The molecule has 0 aromatic carbocycles. The number of phosphoric acid groups is 1. The van der Waals surface area contributed by atoms with Gasteiger partial charge in [-0.25, -0.2) is 4.57 Å². The van der Waals surface area contributed by atoms with Crippen LogP contribution < -0.4 is 0 Å². The van der Waals surface area contributed by atoms with Crippen molar-refractivity contribution >= 4 is 19.8 Å². The molecule has 54 heavy (non-hydrogen) atoms. The van der Waals surface area contributed by atoms with E-state index in [0.29, 0.717) is 17.4 Å². The lowest BCUT2D eigenvalue weighted by Gasteiger charge is -2.24. The minimum Gasteiger partial charge on any atom is -0.462 e. The molecule has 1 N–H and O–H groups in total. The van der Waals surface area contributed by atoms with Gasteiger partial charge in [0.2, 0.25) is 0 Å². The van der Waals surface area contributed by atoms with Crippen LogP contribution in [0.1, 0.15) is 168 Å². The molecule has 0 spiro atoms. The summed E-state index contributed by atoms with van der Waals surface area (Å²) in [5.41, 5.74) is 0. The van der Waals surface area contributed by atoms with Gasteiger partial charge in [0.15, 0.2) is 6.10 Å². The second-order valence-electron chi connectivity index (χ2n) is 15.4. The number of carbonyl (C=O) groups is 2. The first-order chi connectivity index (χ1) is 26.0. The van der Waals surface area contributed by atoms with Gasteiger partial charge in [-0.1, -0.05) is 127 Å². The zero-order chi connectivity index (χ0) is 40.0. The minimum atomic E-state index is -4.38. The van der Waals surface area contributed by atoms with Crippen molar-refractivity contribution in [2.45, 2.75) is 174 Å². The quantitative estimate of drug-likeness (QED) is 0.0217. The number of ether oxygens (including phenoxy) is 2. The first kappa shape index (κ1) is 52.0. The number of hydrogen-bond acceptors (Lipinski definition) is 7. The third-order valence-corrected chi connectivity index (χ3v) is 9.82. The second-order valence-corrected chi connectivity index (χ2v) is 16.8. The maximum absolute atomic E-state index is 12.7. The van der Waals surface area contributed by atoms with Crippen LogP contribution >= 0.6 is 7.82 Å². The van der Waals surface area contributed by atoms with Crippen LogP contribution in [0.15, 0.2) is 48.6 Å². The van der Waals surface area contributed by atoms with Crippen molar-refractivity contribution < 1.29 is 42.1 Å². The van der Waals surface area contributed by atoms with E-state index in [-0.39, 0.29) is 32.0 Å². The maximum Gasteiger partial charge on any atom is 0.472 e. The summed E-state index contributed by atoms with van der Waals surface area (Å²) in [6, 6.07) is 0. The van der Waals surface area contributed by atoms with E-state index < -0.39 is 26.5 Å². The summed E-state index contributed by atoms with van der Waals surface area (Å²) >= 11 is 0. The summed E-state index contributed by atoms with van der Waals surface area (Å²) in [5, 5.41) is 0. The SMILES string of the molecule is CCCCC/C=C/C/C=C\CCCCCCCC(=O)O[C@H](COC(=O)CCCCCCC/C=C/C/C=C/CCCCC)COP(=O)(O)OCC[N+](C)(C)C. The van der Waals surface area contributed by atoms with E-state index in [1.54, 1.807) is 0 Å². The number of esters is 2. The van der Waals surface area contributed by atoms with Crippen LogP contribution in [-0.2, 0) is 32.7 Å². The van der Waals surface area contributed by atoms with Crippen molar-refractivity contribution in [1.29, 1.82) is 0 Å². The first-order valence-corrected chi connectivity index (χ1v) is 22.9. The van der Waals surface area contributed by atoms with Gasteiger partial charge in [0.25, 0.3) is 0 Å². The van der Waals surface area contributed by atoms with Crippen molar-refractivity contribution in [2.75, 3.05) is 47.5 Å². The van der Waals surface area contributed by atoms with Crippen molar-refractivity contribution in [3.8, 4) is 0 Å². The molecular weight excluding hydrogens is 701 g/mol. The standard InChI is InChI=1S/C44H80NO8P/c1-6-8-10-12-14-16-18-20-22-24-26-28-30-32-34-36-43(46)50-40-42(41-52-54(48,49)51-39-38-45(3,4)5)53-44(47)37-35-33-31-29-27-25-23-21-19-17-15-13-11-9-7-2/h14-17,20-23,42H,6-13,18-19,24-41H2,1-5H3/p+1/b16-14+,17-15+,22-20+,23-21-/t42-/m1/s1. The van der Waals surface area contributed by atoms with Gasteiger partial charge in [-0.05, 0) is 77.0 Å². The first-order valence-electron chi connectivity index (χ1n) is 21.4. The van der Waals surface area contributed by atoms with Gasteiger partial charge in [0.1, 0.15) is 19.8 Å². The molecule has 0 aliphatic carbocycles. The largest absolute Gasteiger partial charge is 0.472 e. The molecule has 2 atom stereocenters. The Bertz CT molecular complexity index is 1070. The monoisotopic (exact) mass is 783 g/mol. The highest BCUT2D eigenvalue weighted by Crippen LogP contribution is 2.43. The molecule has 9 nitrogen and oxygen atoms in total. The highest BCUT2D eigenvalue weighted by atomic mass is 31.2. The average molecular weight is 783 g/mol. The van der Waals surface area contributed by atoms with Crippen molar-refractivity contribution in [3.05, 3.63) is 48.6 Å². The van der Waals surface area contributed by atoms with Crippen LogP contribution in [0.25, 0.3) is 0 Å². The third kappa shape index (κ3) is 39.7. The third-order valence-electron chi connectivity index (χ3n) is 8.83. The fourth-order valence-electron chi connectivity index (χ4n) is 5.43. The summed E-state index contributed by atoms with van der Waals surface area (Å²) in [6.07, 6.45) is 41.5. The fraction of sp³-hybridized carbons (Fsp3) is 0.773. The van der Waals surface area contributed by atoms with Crippen LogP contribution in [0, 0.1) is 0 Å². The van der Waals surface area contributed by atoms with Gasteiger partial charge in [-0.3, -0.25) is 18.6 Å². The number of hydrogen-bond donors (Lipinski definition) is 1. The molecule has 1 unspecified atom stereocenters. The summed E-state index contributed by atoms with van der Waals surface area (Å²) in [4.78, 5) is 35.3. The van der Waals surface area contributed by atoms with E-state index in [0.717, 1.165) is 83.5 Å². The molecular formula is C44H81NO8P+. The van der Waals surface area contributed by atoms with Crippen molar-refractivity contribution in [2.24, 2.45) is 0 Å². The molecule has 0 aliphatic rings. The van der Waals surface area contributed by atoms with Gasteiger partial charge in [0, 0.05) is 12.8 Å². The lowest BCUT2D eigenvalue weighted by Crippen LogP contribution is -2.37. The predicted molar refractivity (Wildman–Crippen MR) is 224 cm³/mol. The molecule has 0 rings (SSSR count). The lowest BCUT2D eigenvalue weighted by atomic mass is 10.1. The number of carbonyl (C=O) groups excluding carboxylic acids is 2. The van der Waals surface area contributed by atoms with Crippen LogP contribution in [-0.4, -0.2) is 74.9 Å². The summed E-state index contributed by atoms with van der Waals surface area (Å²) in [7, 11) is 1.45.